The number of hydrogen-bond donors (Lipinski definition) is 3. The van der Waals surface area contributed by atoms with Gasteiger partial charge in [-0.15, -0.1) is 0 Å². The Bertz CT molecular complexity index is 560. The van der Waals surface area contributed by atoms with E-state index in [1.165, 1.54) is 0 Å². The van der Waals surface area contributed by atoms with Gasteiger partial charge in [-0.05, 0) is 20.8 Å². The van der Waals surface area contributed by atoms with Gasteiger partial charge in [0.1, 0.15) is 0 Å². The minimum atomic E-state index is -0.250. The van der Waals surface area contributed by atoms with E-state index < -0.39 is 0 Å². The van der Waals surface area contributed by atoms with Gasteiger partial charge in [0.05, 0.1) is 5.54 Å². The lowest BCUT2D eigenvalue weighted by molar-refractivity contribution is -0.732. The third-order valence-electron chi connectivity index (χ3n) is 2.21. The van der Waals surface area contributed by atoms with E-state index in [9.17, 15) is 4.79 Å². The quantitative estimate of drug-likeness (QED) is 0.527. The molecule has 0 aliphatic rings. The number of fused-ring (bicyclic) bond motifs is 1. The van der Waals surface area contributed by atoms with Gasteiger partial charge in [0.2, 0.25) is 5.52 Å². The SMILES string of the molecule is CC(C)(C)[n+]1c[nH]c2c(=O)[nH]c(N)nc21. The van der Waals surface area contributed by atoms with Crippen molar-refractivity contribution in [1.29, 1.82) is 0 Å². The lowest BCUT2D eigenvalue weighted by Gasteiger charge is -2.15. The molecule has 0 atom stereocenters. The van der Waals surface area contributed by atoms with Crippen LogP contribution >= 0.6 is 0 Å². The molecule has 15 heavy (non-hydrogen) atoms. The molecule has 0 radical (unpaired) electrons. The molecule has 2 aromatic heterocycles. The Morgan fingerprint density at radius 3 is 2.73 bits per heavy atom. The lowest BCUT2D eigenvalue weighted by atomic mass is 10.1. The molecule has 0 bridgehead atoms. The molecule has 4 N–H and O–H groups in total. The number of aromatic amines is 2. The van der Waals surface area contributed by atoms with Crippen LogP contribution in [0.5, 0.6) is 0 Å². The van der Waals surface area contributed by atoms with E-state index in [0.717, 1.165) is 0 Å². The molecule has 0 aliphatic carbocycles. The Hall–Kier alpha value is -1.85. The van der Waals surface area contributed by atoms with Gasteiger partial charge in [-0.3, -0.25) is 14.8 Å². The van der Waals surface area contributed by atoms with Crippen LogP contribution in [0.2, 0.25) is 0 Å². The second-order valence-corrected chi connectivity index (χ2v) is 4.46. The van der Waals surface area contributed by atoms with Crippen LogP contribution in [0.1, 0.15) is 20.8 Å². The number of nitrogens with two attached hydrogens (primary N) is 1. The Morgan fingerprint density at radius 2 is 2.13 bits per heavy atom. The second kappa shape index (κ2) is 2.82. The van der Waals surface area contributed by atoms with Crippen molar-refractivity contribution in [3.8, 4) is 0 Å². The smallest absolute Gasteiger partial charge is 0.311 e. The molecular weight excluding hydrogens is 194 g/mol. The molecule has 0 aromatic carbocycles. The summed E-state index contributed by atoms with van der Waals surface area (Å²) in [4.78, 5) is 21.0. The van der Waals surface area contributed by atoms with Gasteiger partial charge in [-0.25, -0.2) is 4.57 Å². The van der Waals surface area contributed by atoms with Crippen LogP contribution in [0.4, 0.5) is 5.95 Å². The number of nitrogen functional groups attached to an aromatic ring is 1. The third kappa shape index (κ3) is 1.47. The molecule has 0 saturated heterocycles. The molecule has 0 unspecified atom stereocenters. The van der Waals surface area contributed by atoms with Gasteiger partial charge in [0.25, 0.3) is 11.5 Å². The van der Waals surface area contributed by atoms with Crippen molar-refractivity contribution in [3.05, 3.63) is 16.7 Å². The van der Waals surface area contributed by atoms with Gasteiger partial charge in [-0.2, -0.15) is 0 Å². The van der Waals surface area contributed by atoms with Crippen LogP contribution in [-0.2, 0) is 5.54 Å². The Morgan fingerprint density at radius 1 is 1.47 bits per heavy atom. The van der Waals surface area contributed by atoms with Crippen molar-refractivity contribution in [2.75, 3.05) is 5.73 Å². The normalized spacial score (nSPS) is 12.2. The first-order valence-electron chi connectivity index (χ1n) is 4.68. The van der Waals surface area contributed by atoms with E-state index in [-0.39, 0.29) is 17.0 Å². The van der Waals surface area contributed by atoms with Crippen LogP contribution < -0.4 is 15.9 Å². The topological polar surface area (TPSA) is 91.4 Å². The summed E-state index contributed by atoms with van der Waals surface area (Å²) in [5, 5.41) is 0. The van der Waals surface area contributed by atoms with Crippen LogP contribution in [0.3, 0.4) is 0 Å². The predicted molar refractivity (Wildman–Crippen MR) is 56.3 cm³/mol. The zero-order valence-corrected chi connectivity index (χ0v) is 8.96. The number of hydrogen-bond acceptors (Lipinski definition) is 3. The van der Waals surface area contributed by atoms with Crippen molar-refractivity contribution in [3.63, 3.8) is 0 Å². The summed E-state index contributed by atoms with van der Waals surface area (Å²) in [7, 11) is 0. The highest BCUT2D eigenvalue weighted by Crippen LogP contribution is 2.08. The monoisotopic (exact) mass is 208 g/mol. The zero-order valence-electron chi connectivity index (χ0n) is 8.96. The summed E-state index contributed by atoms with van der Waals surface area (Å²) in [6.45, 7) is 6.08. The van der Waals surface area contributed by atoms with Gasteiger partial charge >= 0.3 is 5.65 Å². The summed E-state index contributed by atoms with van der Waals surface area (Å²) in [6.07, 6.45) is 1.73. The van der Waals surface area contributed by atoms with Crippen LogP contribution in [0.25, 0.3) is 11.2 Å². The first-order chi connectivity index (χ1) is 6.89. The summed E-state index contributed by atoms with van der Waals surface area (Å²) >= 11 is 0. The molecule has 0 aliphatic heterocycles. The molecular formula is C9H14N5O+. The molecule has 0 fully saturated rings. The van der Waals surface area contributed by atoms with E-state index in [1.54, 1.807) is 6.33 Å². The Kier molecular flexibility index (Phi) is 1.82. The van der Waals surface area contributed by atoms with E-state index in [1.807, 2.05) is 25.3 Å². The number of H-pyrrole nitrogens is 2. The summed E-state index contributed by atoms with van der Waals surface area (Å²) in [5.74, 6) is 0.130. The molecule has 2 aromatic rings. The van der Waals surface area contributed by atoms with Gasteiger partial charge < -0.3 is 5.73 Å². The molecule has 2 heterocycles. The average molecular weight is 208 g/mol. The van der Waals surface area contributed by atoms with Crippen molar-refractivity contribution in [1.82, 2.24) is 15.0 Å². The molecule has 6 nitrogen and oxygen atoms in total. The minimum absolute atomic E-state index is 0.130. The van der Waals surface area contributed by atoms with Crippen LogP contribution in [0, 0.1) is 0 Å². The van der Waals surface area contributed by atoms with Crippen molar-refractivity contribution in [2.45, 2.75) is 26.3 Å². The number of rotatable bonds is 0. The maximum atomic E-state index is 11.5. The Labute approximate surface area is 86.2 Å². The largest absolute Gasteiger partial charge is 0.355 e. The standard InChI is InChI=1S/C9H13N5O/c1-9(2,3)14-4-11-5-6(14)12-8(10)13-7(5)15/h4H,1-3H3,(H3,10,12,13,15)/p+1. The average Bonchev–Trinajstić information content (AvgIpc) is 2.45. The first-order valence-corrected chi connectivity index (χ1v) is 4.68. The molecule has 0 saturated carbocycles. The van der Waals surface area contributed by atoms with E-state index in [2.05, 4.69) is 15.0 Å². The molecule has 2 rings (SSSR count). The summed E-state index contributed by atoms with van der Waals surface area (Å²) in [6, 6.07) is 0. The maximum absolute atomic E-state index is 11.5. The molecule has 0 spiro atoms. The Balaban J connectivity index is 2.86. The van der Waals surface area contributed by atoms with Crippen LogP contribution in [0.15, 0.2) is 11.1 Å². The van der Waals surface area contributed by atoms with E-state index in [4.69, 9.17) is 5.73 Å². The third-order valence-corrected chi connectivity index (χ3v) is 2.21. The van der Waals surface area contributed by atoms with E-state index >= 15 is 0 Å². The highest BCUT2D eigenvalue weighted by Gasteiger charge is 2.24. The first kappa shape index (κ1) is 9.70. The van der Waals surface area contributed by atoms with Gasteiger partial charge in [0.15, 0.2) is 6.33 Å². The minimum Gasteiger partial charge on any atom is -0.355 e. The van der Waals surface area contributed by atoms with Crippen molar-refractivity contribution in [2.24, 2.45) is 0 Å². The number of aromatic nitrogens is 4. The predicted octanol–water partition coefficient (Wildman–Crippen LogP) is -0.124. The van der Waals surface area contributed by atoms with Crippen molar-refractivity contribution >= 4 is 17.1 Å². The number of nitrogens with one attached hydrogen (secondary N) is 2. The summed E-state index contributed by atoms with van der Waals surface area (Å²) in [5.41, 5.74) is 6.12. The number of anilines is 1. The van der Waals surface area contributed by atoms with Gasteiger partial charge in [-0.1, -0.05) is 4.98 Å². The fraction of sp³-hybridized carbons (Fsp3) is 0.444. The van der Waals surface area contributed by atoms with Gasteiger partial charge in [0, 0.05) is 0 Å². The highest BCUT2D eigenvalue weighted by molar-refractivity contribution is 5.65. The van der Waals surface area contributed by atoms with Crippen LogP contribution in [-0.4, -0.2) is 15.0 Å². The highest BCUT2D eigenvalue weighted by atomic mass is 16.1. The molecule has 80 valence electrons. The fourth-order valence-corrected chi connectivity index (χ4v) is 1.48. The molecule has 0 amide bonds. The van der Waals surface area contributed by atoms with Crippen molar-refractivity contribution < 1.29 is 4.57 Å². The summed E-state index contributed by atoms with van der Waals surface area (Å²) < 4.78 is 1.88. The van der Waals surface area contributed by atoms with E-state index in [0.29, 0.717) is 11.2 Å². The lowest BCUT2D eigenvalue weighted by Crippen LogP contribution is -2.49. The number of nitrogens with zero attached hydrogens (tertiary/aromatic N) is 2. The molecule has 6 heteroatoms. The second-order valence-electron chi connectivity index (χ2n) is 4.46. The number of imidazole rings is 1. The maximum Gasteiger partial charge on any atom is 0.311 e. The fourth-order valence-electron chi connectivity index (χ4n) is 1.48. The zero-order chi connectivity index (χ0) is 11.2.